The molecule has 0 unspecified atom stereocenters. The van der Waals surface area contributed by atoms with Crippen molar-refractivity contribution in [2.45, 2.75) is 38.6 Å². The fourth-order valence-corrected chi connectivity index (χ4v) is 3.17. The molecule has 122 valence electrons. The highest BCUT2D eigenvalue weighted by atomic mass is 16.5. The maximum absolute atomic E-state index is 12.4. The number of imide groups is 2. The van der Waals surface area contributed by atoms with Crippen molar-refractivity contribution in [1.29, 1.82) is 0 Å². The normalized spacial score (nSPS) is 19.1. The Labute approximate surface area is 135 Å². The number of aryl methyl sites for hydroxylation is 1. The van der Waals surface area contributed by atoms with Gasteiger partial charge in [-0.3, -0.25) is 19.4 Å². The smallest absolute Gasteiger partial charge is 0.334 e. The van der Waals surface area contributed by atoms with Crippen molar-refractivity contribution in [2.75, 3.05) is 13.2 Å². The molecule has 0 radical (unpaired) electrons. The number of rotatable bonds is 5. The third-order valence-corrected chi connectivity index (χ3v) is 4.44. The Morgan fingerprint density at radius 1 is 1.09 bits per heavy atom. The second kappa shape index (κ2) is 6.40. The Hall–Kier alpha value is -2.37. The van der Waals surface area contributed by atoms with Gasteiger partial charge in [-0.25, -0.2) is 4.79 Å². The first kappa shape index (κ1) is 15.5. The van der Waals surface area contributed by atoms with Gasteiger partial charge in [-0.15, -0.1) is 0 Å². The molecule has 6 heteroatoms. The summed E-state index contributed by atoms with van der Waals surface area (Å²) in [7, 11) is 0. The minimum absolute atomic E-state index is 0.0843. The van der Waals surface area contributed by atoms with Gasteiger partial charge in [-0.2, -0.15) is 0 Å². The summed E-state index contributed by atoms with van der Waals surface area (Å²) < 4.78 is 5.62. The molecule has 0 aromatic heterocycles. The number of para-hydroxylation sites is 1. The van der Waals surface area contributed by atoms with Gasteiger partial charge in [0.25, 0.3) is 0 Å². The van der Waals surface area contributed by atoms with Crippen LogP contribution >= 0.6 is 0 Å². The van der Waals surface area contributed by atoms with Crippen molar-refractivity contribution in [3.63, 3.8) is 0 Å². The van der Waals surface area contributed by atoms with Gasteiger partial charge in [0.1, 0.15) is 12.4 Å². The van der Waals surface area contributed by atoms with Crippen LogP contribution in [0.5, 0.6) is 5.75 Å². The van der Waals surface area contributed by atoms with E-state index < -0.39 is 17.8 Å². The number of ether oxygens (including phenoxy) is 1. The van der Waals surface area contributed by atoms with Gasteiger partial charge in [0, 0.05) is 6.04 Å². The monoisotopic (exact) mass is 316 g/mol. The molecule has 1 aliphatic heterocycles. The molecular formula is C17H20N2O4. The summed E-state index contributed by atoms with van der Waals surface area (Å²) in [6, 6.07) is 6.90. The molecular weight excluding hydrogens is 296 g/mol. The predicted octanol–water partition coefficient (Wildman–Crippen LogP) is 2.11. The second-order valence-corrected chi connectivity index (χ2v) is 5.97. The van der Waals surface area contributed by atoms with Crippen molar-refractivity contribution in [1.82, 2.24) is 9.80 Å². The van der Waals surface area contributed by atoms with Crippen LogP contribution in [0.4, 0.5) is 4.79 Å². The Morgan fingerprint density at radius 2 is 1.78 bits per heavy atom. The van der Waals surface area contributed by atoms with Crippen LogP contribution in [0.1, 0.15) is 31.2 Å². The number of amides is 4. The van der Waals surface area contributed by atoms with Gasteiger partial charge < -0.3 is 4.74 Å². The molecule has 1 heterocycles. The van der Waals surface area contributed by atoms with E-state index in [9.17, 15) is 14.4 Å². The quantitative estimate of drug-likeness (QED) is 0.616. The molecule has 0 bridgehead atoms. The second-order valence-electron chi connectivity index (χ2n) is 5.97. The molecule has 1 aliphatic carbocycles. The molecule has 0 atom stereocenters. The fourth-order valence-electron chi connectivity index (χ4n) is 3.17. The highest BCUT2D eigenvalue weighted by molar-refractivity contribution is 6.44. The molecule has 23 heavy (non-hydrogen) atoms. The minimum Gasteiger partial charge on any atom is -0.491 e. The van der Waals surface area contributed by atoms with Gasteiger partial charge in [0.2, 0.25) is 0 Å². The standard InChI is InChI=1S/C17H20N2O4/c1-12-6-2-5-9-14(12)23-11-10-18-15(20)16(21)19(17(18)22)13-7-3-4-8-13/h2,5-6,9,13H,3-4,7-8,10-11H2,1H3. The zero-order valence-electron chi connectivity index (χ0n) is 13.2. The summed E-state index contributed by atoms with van der Waals surface area (Å²) in [6.07, 6.45) is 3.56. The summed E-state index contributed by atoms with van der Waals surface area (Å²) in [6.45, 7) is 2.18. The summed E-state index contributed by atoms with van der Waals surface area (Å²) in [5.41, 5.74) is 0.982. The summed E-state index contributed by atoms with van der Waals surface area (Å²) in [5.74, 6) is -0.723. The largest absolute Gasteiger partial charge is 0.491 e. The van der Waals surface area contributed by atoms with Crippen LogP contribution in [0.15, 0.2) is 24.3 Å². The van der Waals surface area contributed by atoms with E-state index in [1.165, 1.54) is 0 Å². The molecule has 2 aliphatic rings. The van der Waals surface area contributed by atoms with Crippen LogP contribution in [-0.2, 0) is 9.59 Å². The molecule has 3 rings (SSSR count). The highest BCUT2D eigenvalue weighted by Crippen LogP contribution is 2.27. The number of carbonyl (C=O) groups excluding carboxylic acids is 3. The highest BCUT2D eigenvalue weighted by Gasteiger charge is 2.47. The molecule has 2 fully saturated rings. The van der Waals surface area contributed by atoms with Crippen LogP contribution < -0.4 is 4.74 Å². The lowest BCUT2D eigenvalue weighted by atomic mass is 10.2. The first-order valence-electron chi connectivity index (χ1n) is 7.97. The topological polar surface area (TPSA) is 66.9 Å². The van der Waals surface area contributed by atoms with Gasteiger partial charge in [-0.1, -0.05) is 31.0 Å². The third kappa shape index (κ3) is 2.93. The van der Waals surface area contributed by atoms with E-state index in [1.807, 2.05) is 31.2 Å². The van der Waals surface area contributed by atoms with Crippen molar-refractivity contribution in [3.8, 4) is 5.75 Å². The first-order valence-corrected chi connectivity index (χ1v) is 7.97. The minimum atomic E-state index is -0.740. The third-order valence-electron chi connectivity index (χ3n) is 4.44. The molecule has 4 amide bonds. The van der Waals surface area contributed by atoms with Crippen LogP contribution in [-0.4, -0.2) is 46.8 Å². The molecule has 1 saturated carbocycles. The predicted molar refractivity (Wildman–Crippen MR) is 82.9 cm³/mol. The number of benzene rings is 1. The SMILES string of the molecule is Cc1ccccc1OCCN1C(=O)C(=O)N(C2CCCC2)C1=O. The summed E-state index contributed by atoms with van der Waals surface area (Å²) in [4.78, 5) is 38.6. The van der Waals surface area contributed by atoms with E-state index in [1.54, 1.807) is 0 Å². The maximum atomic E-state index is 12.4. The Kier molecular flexibility index (Phi) is 4.32. The van der Waals surface area contributed by atoms with E-state index in [-0.39, 0.29) is 19.2 Å². The average Bonchev–Trinajstić information content (AvgIpc) is 3.12. The van der Waals surface area contributed by atoms with Gasteiger partial charge in [-0.05, 0) is 31.4 Å². The van der Waals surface area contributed by atoms with Crippen molar-refractivity contribution >= 4 is 17.8 Å². The van der Waals surface area contributed by atoms with Crippen molar-refractivity contribution in [3.05, 3.63) is 29.8 Å². The summed E-state index contributed by atoms with van der Waals surface area (Å²) in [5, 5.41) is 0. The molecule has 1 aromatic rings. The molecule has 1 aromatic carbocycles. The van der Waals surface area contributed by atoms with Gasteiger partial charge >= 0.3 is 17.8 Å². The van der Waals surface area contributed by atoms with Crippen molar-refractivity contribution < 1.29 is 19.1 Å². The first-order chi connectivity index (χ1) is 11.1. The Morgan fingerprint density at radius 3 is 2.48 bits per heavy atom. The number of urea groups is 1. The Balaban J connectivity index is 1.61. The molecule has 1 saturated heterocycles. The summed E-state index contributed by atoms with van der Waals surface area (Å²) >= 11 is 0. The molecule has 6 nitrogen and oxygen atoms in total. The molecule has 0 spiro atoms. The van der Waals surface area contributed by atoms with Crippen LogP contribution in [0.3, 0.4) is 0 Å². The zero-order valence-corrected chi connectivity index (χ0v) is 13.2. The number of carbonyl (C=O) groups is 3. The van der Waals surface area contributed by atoms with Crippen LogP contribution in [0.25, 0.3) is 0 Å². The lowest BCUT2D eigenvalue weighted by Gasteiger charge is -2.21. The van der Waals surface area contributed by atoms with E-state index in [0.29, 0.717) is 5.75 Å². The van der Waals surface area contributed by atoms with Gasteiger partial charge in [0.15, 0.2) is 0 Å². The van der Waals surface area contributed by atoms with E-state index >= 15 is 0 Å². The fraction of sp³-hybridized carbons (Fsp3) is 0.471. The maximum Gasteiger partial charge on any atom is 0.334 e. The van der Waals surface area contributed by atoms with Crippen LogP contribution in [0, 0.1) is 6.92 Å². The van der Waals surface area contributed by atoms with E-state index in [4.69, 9.17) is 4.74 Å². The lowest BCUT2D eigenvalue weighted by Crippen LogP contribution is -2.40. The van der Waals surface area contributed by atoms with E-state index in [0.717, 1.165) is 41.0 Å². The number of hydrogen-bond acceptors (Lipinski definition) is 4. The average molecular weight is 316 g/mol. The lowest BCUT2D eigenvalue weighted by molar-refractivity contribution is -0.144. The van der Waals surface area contributed by atoms with Crippen LogP contribution in [0.2, 0.25) is 0 Å². The zero-order chi connectivity index (χ0) is 16.4. The molecule has 0 N–H and O–H groups in total. The van der Waals surface area contributed by atoms with Crippen molar-refractivity contribution in [2.24, 2.45) is 0 Å². The van der Waals surface area contributed by atoms with E-state index in [2.05, 4.69) is 0 Å². The Bertz CT molecular complexity index is 637. The van der Waals surface area contributed by atoms with Gasteiger partial charge in [0.05, 0.1) is 6.54 Å². The number of nitrogens with zero attached hydrogens (tertiary/aromatic N) is 2. The number of hydrogen-bond donors (Lipinski definition) is 0.